The molecule has 0 saturated heterocycles. The summed E-state index contributed by atoms with van der Waals surface area (Å²) < 4.78 is 10.7. The zero-order chi connectivity index (χ0) is 20.1. The maximum absolute atomic E-state index is 5.44. The van der Waals surface area contributed by atoms with Gasteiger partial charge in [0.15, 0.2) is 11.0 Å². The van der Waals surface area contributed by atoms with Crippen LogP contribution in [0, 0.1) is 0 Å². The van der Waals surface area contributed by atoms with E-state index in [1.54, 1.807) is 25.6 Å². The molecule has 7 nitrogen and oxygen atoms in total. The predicted molar refractivity (Wildman–Crippen MR) is 116 cm³/mol. The van der Waals surface area contributed by atoms with E-state index in [0.717, 1.165) is 27.8 Å². The van der Waals surface area contributed by atoms with Gasteiger partial charge in [0, 0.05) is 22.9 Å². The van der Waals surface area contributed by atoms with Gasteiger partial charge in [0.2, 0.25) is 5.16 Å². The molecule has 4 aromatic rings. The molecule has 0 aliphatic rings. The highest BCUT2D eigenvalue weighted by atomic mass is 32.2. The SMILES string of the molecule is COc1ccc(-c2nc(SCc3csc(Nc4ccccc4)n3)n[nH]2)c(OC)c1. The molecule has 29 heavy (non-hydrogen) atoms. The van der Waals surface area contributed by atoms with E-state index in [-0.39, 0.29) is 0 Å². The van der Waals surface area contributed by atoms with Crippen molar-refractivity contribution >= 4 is 33.9 Å². The molecular formula is C20H19N5O2S2. The number of aromatic amines is 1. The molecule has 0 radical (unpaired) electrons. The average molecular weight is 426 g/mol. The number of ether oxygens (including phenoxy) is 2. The fraction of sp³-hybridized carbons (Fsp3) is 0.150. The second-order valence-corrected chi connectivity index (χ2v) is 7.76. The van der Waals surface area contributed by atoms with Crippen LogP contribution in [0.15, 0.2) is 59.1 Å². The van der Waals surface area contributed by atoms with Gasteiger partial charge in [-0.1, -0.05) is 30.0 Å². The molecule has 148 valence electrons. The van der Waals surface area contributed by atoms with E-state index in [0.29, 0.717) is 22.5 Å². The number of hydrogen-bond donors (Lipinski definition) is 2. The first kappa shape index (κ1) is 19.3. The van der Waals surface area contributed by atoms with E-state index in [2.05, 4.69) is 25.5 Å². The van der Waals surface area contributed by atoms with E-state index in [1.807, 2.05) is 53.9 Å². The number of thiazole rings is 1. The molecule has 0 aliphatic carbocycles. The van der Waals surface area contributed by atoms with Gasteiger partial charge in [-0.3, -0.25) is 5.10 Å². The van der Waals surface area contributed by atoms with Crippen LogP contribution in [-0.2, 0) is 5.75 Å². The minimum absolute atomic E-state index is 0.650. The van der Waals surface area contributed by atoms with E-state index in [4.69, 9.17) is 9.47 Å². The normalized spacial score (nSPS) is 10.7. The summed E-state index contributed by atoms with van der Waals surface area (Å²) in [5.41, 5.74) is 2.83. The lowest BCUT2D eigenvalue weighted by Crippen LogP contribution is -1.91. The van der Waals surface area contributed by atoms with Crippen LogP contribution in [0.25, 0.3) is 11.4 Å². The molecule has 2 N–H and O–H groups in total. The van der Waals surface area contributed by atoms with Gasteiger partial charge in [-0.2, -0.15) is 0 Å². The van der Waals surface area contributed by atoms with Crippen molar-refractivity contribution in [1.82, 2.24) is 20.2 Å². The molecular weight excluding hydrogens is 406 g/mol. The summed E-state index contributed by atoms with van der Waals surface area (Å²) in [7, 11) is 3.24. The first-order chi connectivity index (χ1) is 14.2. The molecule has 0 unspecified atom stereocenters. The van der Waals surface area contributed by atoms with Gasteiger partial charge in [-0.15, -0.1) is 16.4 Å². The maximum atomic E-state index is 5.44. The molecule has 0 amide bonds. The number of methoxy groups -OCH3 is 2. The third kappa shape index (κ3) is 4.69. The number of thioether (sulfide) groups is 1. The minimum Gasteiger partial charge on any atom is -0.497 e. The lowest BCUT2D eigenvalue weighted by molar-refractivity contribution is 0.395. The molecule has 0 fully saturated rings. The Balaban J connectivity index is 1.40. The molecule has 0 atom stereocenters. The smallest absolute Gasteiger partial charge is 0.209 e. The largest absolute Gasteiger partial charge is 0.497 e. The summed E-state index contributed by atoms with van der Waals surface area (Å²) >= 11 is 3.10. The highest BCUT2D eigenvalue weighted by Crippen LogP contribution is 2.32. The number of nitrogens with zero attached hydrogens (tertiary/aromatic N) is 3. The Labute approximate surface area is 176 Å². The number of H-pyrrole nitrogens is 1. The minimum atomic E-state index is 0.650. The van der Waals surface area contributed by atoms with E-state index in [1.165, 1.54) is 11.8 Å². The number of hydrogen-bond acceptors (Lipinski definition) is 8. The number of benzene rings is 2. The van der Waals surface area contributed by atoms with Crippen molar-refractivity contribution in [2.45, 2.75) is 10.9 Å². The summed E-state index contributed by atoms with van der Waals surface area (Å²) in [6.07, 6.45) is 0. The van der Waals surface area contributed by atoms with Gasteiger partial charge >= 0.3 is 0 Å². The van der Waals surface area contributed by atoms with Crippen molar-refractivity contribution in [2.24, 2.45) is 0 Å². The quantitative estimate of drug-likeness (QED) is 0.385. The Morgan fingerprint density at radius 2 is 1.93 bits per heavy atom. The van der Waals surface area contributed by atoms with Crippen molar-refractivity contribution in [2.75, 3.05) is 19.5 Å². The van der Waals surface area contributed by atoms with Crippen LogP contribution < -0.4 is 14.8 Å². The molecule has 2 aromatic carbocycles. The first-order valence-corrected chi connectivity index (χ1v) is 10.7. The third-order valence-electron chi connectivity index (χ3n) is 4.05. The van der Waals surface area contributed by atoms with Gasteiger partial charge in [0.1, 0.15) is 11.5 Å². The van der Waals surface area contributed by atoms with Crippen LogP contribution in [-0.4, -0.2) is 34.4 Å². The Bertz CT molecular complexity index is 1080. The molecule has 0 aliphatic heterocycles. The molecule has 0 spiro atoms. The highest BCUT2D eigenvalue weighted by Gasteiger charge is 2.13. The summed E-state index contributed by atoms with van der Waals surface area (Å²) in [4.78, 5) is 9.19. The predicted octanol–water partition coefficient (Wildman–Crippen LogP) is 4.98. The number of rotatable bonds is 8. The Morgan fingerprint density at radius 3 is 2.72 bits per heavy atom. The van der Waals surface area contributed by atoms with Crippen LogP contribution in [0.5, 0.6) is 11.5 Å². The standard InChI is InChI=1S/C20H19N5O2S2/c1-26-15-8-9-16(17(10-15)27-2)18-23-20(25-24-18)29-12-14-11-28-19(22-14)21-13-6-4-3-5-7-13/h3-11H,12H2,1-2H3,(H,21,22)(H,23,24,25). The Hall–Kier alpha value is -3.04. The van der Waals surface area contributed by atoms with Crippen LogP contribution in [0.3, 0.4) is 0 Å². The zero-order valence-corrected chi connectivity index (χ0v) is 17.5. The zero-order valence-electron chi connectivity index (χ0n) is 15.9. The van der Waals surface area contributed by atoms with Crippen molar-refractivity contribution in [3.63, 3.8) is 0 Å². The lowest BCUT2D eigenvalue weighted by atomic mass is 10.2. The van der Waals surface area contributed by atoms with Gasteiger partial charge in [0.25, 0.3) is 0 Å². The molecule has 9 heteroatoms. The number of aromatic nitrogens is 4. The van der Waals surface area contributed by atoms with E-state index < -0.39 is 0 Å². The van der Waals surface area contributed by atoms with Gasteiger partial charge in [-0.05, 0) is 24.3 Å². The van der Waals surface area contributed by atoms with Crippen LogP contribution in [0.2, 0.25) is 0 Å². The van der Waals surface area contributed by atoms with Crippen molar-refractivity contribution in [1.29, 1.82) is 0 Å². The number of nitrogens with one attached hydrogen (secondary N) is 2. The topological polar surface area (TPSA) is 85.0 Å². The second kappa shape index (κ2) is 8.97. The fourth-order valence-electron chi connectivity index (χ4n) is 2.64. The second-order valence-electron chi connectivity index (χ2n) is 5.96. The van der Waals surface area contributed by atoms with Crippen molar-refractivity contribution in [3.05, 3.63) is 59.6 Å². The number of anilines is 2. The summed E-state index contributed by atoms with van der Waals surface area (Å²) in [6.45, 7) is 0. The monoisotopic (exact) mass is 425 g/mol. The van der Waals surface area contributed by atoms with Crippen LogP contribution >= 0.6 is 23.1 Å². The number of para-hydroxylation sites is 1. The third-order valence-corrected chi connectivity index (χ3v) is 5.74. The van der Waals surface area contributed by atoms with Gasteiger partial charge < -0.3 is 14.8 Å². The maximum Gasteiger partial charge on any atom is 0.209 e. The molecule has 0 bridgehead atoms. The molecule has 2 aromatic heterocycles. The summed E-state index contributed by atoms with van der Waals surface area (Å²) in [5.74, 6) is 2.73. The fourth-order valence-corrected chi connectivity index (χ4v) is 4.17. The summed E-state index contributed by atoms with van der Waals surface area (Å²) in [5, 5.41) is 14.1. The lowest BCUT2D eigenvalue weighted by Gasteiger charge is -2.07. The highest BCUT2D eigenvalue weighted by molar-refractivity contribution is 7.98. The van der Waals surface area contributed by atoms with E-state index in [9.17, 15) is 0 Å². The van der Waals surface area contributed by atoms with Gasteiger partial charge in [0.05, 0.1) is 25.5 Å². The molecule has 2 heterocycles. The first-order valence-electron chi connectivity index (χ1n) is 8.79. The van der Waals surface area contributed by atoms with E-state index >= 15 is 0 Å². The summed E-state index contributed by atoms with van der Waals surface area (Å²) in [6, 6.07) is 15.6. The van der Waals surface area contributed by atoms with Crippen molar-refractivity contribution in [3.8, 4) is 22.9 Å². The van der Waals surface area contributed by atoms with Crippen LogP contribution in [0.4, 0.5) is 10.8 Å². The molecule has 4 rings (SSSR count). The van der Waals surface area contributed by atoms with Crippen LogP contribution in [0.1, 0.15) is 5.69 Å². The average Bonchev–Trinajstić information content (AvgIpc) is 3.42. The Morgan fingerprint density at radius 1 is 1.07 bits per heavy atom. The van der Waals surface area contributed by atoms with Crippen molar-refractivity contribution < 1.29 is 9.47 Å². The molecule has 0 saturated carbocycles. The Kier molecular flexibility index (Phi) is 5.97. The van der Waals surface area contributed by atoms with Gasteiger partial charge in [-0.25, -0.2) is 9.97 Å².